The largest absolute Gasteiger partial charge is 0.417 e. The first-order chi connectivity index (χ1) is 7.72. The van der Waals surface area contributed by atoms with Gasteiger partial charge in [-0.2, -0.15) is 8.78 Å². The van der Waals surface area contributed by atoms with Gasteiger partial charge in [0.05, 0.1) is 0 Å². The second kappa shape index (κ2) is 11.9. The van der Waals surface area contributed by atoms with E-state index in [-0.39, 0.29) is 5.88 Å². The molecule has 0 saturated carbocycles. The van der Waals surface area contributed by atoms with Crippen LogP contribution in [0.1, 0.15) is 40.2 Å². The quantitative estimate of drug-likeness (QED) is 0.776. The van der Waals surface area contributed by atoms with Gasteiger partial charge in [-0.1, -0.05) is 34.6 Å². The molecule has 0 amide bonds. The molecule has 1 rings (SSSR count). The Balaban J connectivity index is 0. The van der Waals surface area contributed by atoms with E-state index in [9.17, 15) is 8.78 Å². The molecule has 0 aliphatic carbocycles. The molecule has 1 heterocycles. The summed E-state index contributed by atoms with van der Waals surface area (Å²) in [6, 6.07) is 3.27. The number of aryl methyl sites for hydroxylation is 1. The van der Waals surface area contributed by atoms with Gasteiger partial charge in [-0.05, 0) is 18.1 Å². The van der Waals surface area contributed by atoms with Crippen LogP contribution < -0.4 is 4.74 Å². The smallest absolute Gasteiger partial charge is 0.388 e. The van der Waals surface area contributed by atoms with E-state index in [0.29, 0.717) is 0 Å². The van der Waals surface area contributed by atoms with Crippen molar-refractivity contribution in [3.05, 3.63) is 23.9 Å². The molecule has 0 aliphatic rings. The van der Waals surface area contributed by atoms with Gasteiger partial charge < -0.3 is 4.74 Å². The van der Waals surface area contributed by atoms with Gasteiger partial charge in [-0.25, -0.2) is 4.98 Å². The van der Waals surface area contributed by atoms with Crippen LogP contribution in [0.25, 0.3) is 0 Å². The molecule has 1 aromatic rings. The van der Waals surface area contributed by atoms with Crippen LogP contribution in [0.3, 0.4) is 0 Å². The van der Waals surface area contributed by atoms with Crippen molar-refractivity contribution < 1.29 is 13.5 Å². The van der Waals surface area contributed by atoms with Crippen molar-refractivity contribution in [1.29, 1.82) is 0 Å². The summed E-state index contributed by atoms with van der Waals surface area (Å²) in [5, 5.41) is 0. The van der Waals surface area contributed by atoms with E-state index in [1.165, 1.54) is 12.3 Å². The lowest BCUT2D eigenvalue weighted by Crippen LogP contribution is -2.03. The molecule has 0 aliphatic heterocycles. The summed E-state index contributed by atoms with van der Waals surface area (Å²) >= 11 is 0. The number of pyridine rings is 1. The van der Waals surface area contributed by atoms with Crippen LogP contribution in [0.5, 0.6) is 5.88 Å². The van der Waals surface area contributed by atoms with Crippen LogP contribution in [0.4, 0.5) is 8.78 Å². The van der Waals surface area contributed by atoms with Crippen molar-refractivity contribution in [2.45, 2.75) is 47.7 Å². The second-order valence-electron chi connectivity index (χ2n) is 2.23. The highest BCUT2D eigenvalue weighted by Gasteiger charge is 2.04. The first-order valence-electron chi connectivity index (χ1n) is 5.62. The number of hydrogen-bond acceptors (Lipinski definition) is 2. The summed E-state index contributed by atoms with van der Waals surface area (Å²) in [7, 11) is 0. The first-order valence-corrected chi connectivity index (χ1v) is 5.62. The molecule has 0 bridgehead atoms. The monoisotopic (exact) mass is 233 g/mol. The number of rotatable bonds is 3. The maximum Gasteiger partial charge on any atom is 0.388 e. The molecular formula is C12H21F2NO. The molecule has 1 aromatic heterocycles. The predicted octanol–water partition coefficient (Wildman–Crippen LogP) is 4.30. The number of halogens is 2. The highest BCUT2D eigenvalue weighted by atomic mass is 19.3. The van der Waals surface area contributed by atoms with Gasteiger partial charge in [0.15, 0.2) is 0 Å². The van der Waals surface area contributed by atoms with E-state index < -0.39 is 6.61 Å². The molecule has 0 radical (unpaired) electrons. The molecule has 0 unspecified atom stereocenters. The van der Waals surface area contributed by atoms with E-state index in [2.05, 4.69) is 9.72 Å². The standard InChI is InChI=1S/C8H9F2NO.2C2H6/c1-2-6-3-4-11-7(5-6)12-8(9)10;2*1-2/h3-5,8H,2H2,1H3;2*1-2H3. The molecule has 0 N–H and O–H groups in total. The van der Waals surface area contributed by atoms with Crippen LogP contribution >= 0.6 is 0 Å². The van der Waals surface area contributed by atoms with Crippen molar-refractivity contribution in [3.63, 3.8) is 0 Å². The molecule has 0 saturated heterocycles. The second-order valence-corrected chi connectivity index (χ2v) is 2.23. The van der Waals surface area contributed by atoms with Crippen LogP contribution in [-0.4, -0.2) is 11.6 Å². The summed E-state index contributed by atoms with van der Waals surface area (Å²) in [5.74, 6) is -0.0237. The zero-order valence-corrected chi connectivity index (χ0v) is 10.6. The number of nitrogens with zero attached hydrogens (tertiary/aromatic N) is 1. The summed E-state index contributed by atoms with van der Waals surface area (Å²) < 4.78 is 27.5. The fourth-order valence-corrected chi connectivity index (χ4v) is 0.826. The van der Waals surface area contributed by atoms with Crippen molar-refractivity contribution in [3.8, 4) is 5.88 Å². The summed E-state index contributed by atoms with van der Waals surface area (Å²) in [6.07, 6.45) is 2.23. The van der Waals surface area contributed by atoms with Crippen molar-refractivity contribution in [1.82, 2.24) is 4.98 Å². The lowest BCUT2D eigenvalue weighted by Gasteiger charge is -2.03. The molecule has 94 valence electrons. The SMILES string of the molecule is CC.CC.CCc1ccnc(OC(F)F)c1. The van der Waals surface area contributed by atoms with Crippen LogP contribution in [0.15, 0.2) is 18.3 Å². The average Bonchev–Trinajstić information content (AvgIpc) is 2.33. The zero-order valence-electron chi connectivity index (χ0n) is 10.6. The minimum Gasteiger partial charge on any atom is -0.417 e. The maximum absolute atomic E-state index is 11.7. The van der Waals surface area contributed by atoms with E-state index in [4.69, 9.17) is 0 Å². The van der Waals surface area contributed by atoms with Crippen molar-refractivity contribution >= 4 is 0 Å². The lowest BCUT2D eigenvalue weighted by molar-refractivity contribution is -0.0528. The van der Waals surface area contributed by atoms with E-state index in [1.54, 1.807) is 6.07 Å². The van der Waals surface area contributed by atoms with Crippen molar-refractivity contribution in [2.75, 3.05) is 0 Å². The topological polar surface area (TPSA) is 22.1 Å². The molecule has 0 fully saturated rings. The van der Waals surface area contributed by atoms with Crippen LogP contribution in [0, 0.1) is 0 Å². The Bertz CT molecular complexity index is 255. The van der Waals surface area contributed by atoms with Crippen LogP contribution in [0.2, 0.25) is 0 Å². The third-order valence-corrected chi connectivity index (χ3v) is 1.42. The van der Waals surface area contributed by atoms with E-state index >= 15 is 0 Å². The summed E-state index contributed by atoms with van der Waals surface area (Å²) in [4.78, 5) is 3.63. The number of alkyl halides is 2. The fraction of sp³-hybridized carbons (Fsp3) is 0.583. The molecular weight excluding hydrogens is 212 g/mol. The molecule has 0 aromatic carbocycles. The molecule has 2 nitrogen and oxygen atoms in total. The summed E-state index contributed by atoms with van der Waals surface area (Å²) in [6.45, 7) is 7.13. The van der Waals surface area contributed by atoms with Crippen LogP contribution in [-0.2, 0) is 6.42 Å². The number of aromatic nitrogens is 1. The molecule has 4 heteroatoms. The molecule has 0 atom stereocenters. The van der Waals surface area contributed by atoms with E-state index in [0.717, 1.165) is 12.0 Å². The first kappa shape index (κ1) is 17.2. The Kier molecular flexibility index (Phi) is 12.8. The minimum absolute atomic E-state index is 0.0237. The van der Waals surface area contributed by atoms with E-state index in [1.807, 2.05) is 34.6 Å². The Morgan fingerprint density at radius 3 is 2.25 bits per heavy atom. The summed E-state index contributed by atoms with van der Waals surface area (Å²) in [5.41, 5.74) is 0.931. The van der Waals surface area contributed by atoms with Gasteiger partial charge in [-0.3, -0.25) is 0 Å². The predicted molar refractivity (Wildman–Crippen MR) is 62.9 cm³/mol. The number of ether oxygens (including phenoxy) is 1. The Morgan fingerprint density at radius 2 is 1.81 bits per heavy atom. The van der Waals surface area contributed by atoms with Gasteiger partial charge in [0.25, 0.3) is 0 Å². The normalized spacial score (nSPS) is 8.50. The van der Waals surface area contributed by atoms with Gasteiger partial charge in [0.2, 0.25) is 5.88 Å². The minimum atomic E-state index is -2.80. The molecule has 0 spiro atoms. The molecule has 16 heavy (non-hydrogen) atoms. The lowest BCUT2D eigenvalue weighted by atomic mass is 10.2. The fourth-order valence-electron chi connectivity index (χ4n) is 0.826. The highest BCUT2D eigenvalue weighted by Crippen LogP contribution is 2.12. The van der Waals surface area contributed by atoms with Gasteiger partial charge in [-0.15, -0.1) is 0 Å². The Morgan fingerprint density at radius 1 is 1.25 bits per heavy atom. The third kappa shape index (κ3) is 8.15. The Hall–Kier alpha value is -1.19. The third-order valence-electron chi connectivity index (χ3n) is 1.42. The maximum atomic E-state index is 11.7. The highest BCUT2D eigenvalue weighted by molar-refractivity contribution is 5.20. The van der Waals surface area contributed by atoms with Gasteiger partial charge in [0, 0.05) is 12.3 Å². The average molecular weight is 233 g/mol. The Labute approximate surface area is 96.7 Å². The van der Waals surface area contributed by atoms with Crippen molar-refractivity contribution in [2.24, 2.45) is 0 Å². The van der Waals surface area contributed by atoms with Gasteiger partial charge in [0.1, 0.15) is 0 Å². The zero-order chi connectivity index (χ0) is 13.0. The number of hydrogen-bond donors (Lipinski definition) is 0. The van der Waals surface area contributed by atoms with Gasteiger partial charge >= 0.3 is 6.61 Å².